The minimum atomic E-state index is -0.954. The first-order valence-electron chi connectivity index (χ1n) is 11.7. The summed E-state index contributed by atoms with van der Waals surface area (Å²) in [5, 5.41) is 11.4. The summed E-state index contributed by atoms with van der Waals surface area (Å²) < 4.78 is 20.7. The van der Waals surface area contributed by atoms with E-state index in [2.05, 4.69) is 0 Å². The summed E-state index contributed by atoms with van der Waals surface area (Å²) in [5.74, 6) is -1.09. The average molecular weight is 518 g/mol. The predicted molar refractivity (Wildman–Crippen MR) is 139 cm³/mol. The van der Waals surface area contributed by atoms with Gasteiger partial charge in [0.05, 0.1) is 46.5 Å². The van der Waals surface area contributed by atoms with Crippen LogP contribution in [0.1, 0.15) is 22.7 Å². The molecule has 1 amide bonds. The number of methoxy groups -OCH3 is 4. The molecule has 0 radical (unpaired) electrons. The number of carbonyl (C=O) groups is 3. The molecule has 1 aliphatic heterocycles. The summed E-state index contributed by atoms with van der Waals surface area (Å²) in [6.45, 7) is 0. The molecule has 1 atom stereocenters. The van der Waals surface area contributed by atoms with Crippen molar-refractivity contribution in [1.29, 1.82) is 0 Å². The van der Waals surface area contributed by atoms with Crippen molar-refractivity contribution in [2.45, 2.75) is 12.5 Å². The number of aliphatic hydroxyl groups excluding tert-OH is 1. The molecule has 1 N–H and O–H groups in total. The quantitative estimate of drug-likeness (QED) is 0.206. The average Bonchev–Trinajstić information content (AvgIpc) is 3.22. The van der Waals surface area contributed by atoms with Gasteiger partial charge in [0, 0.05) is 11.3 Å². The van der Waals surface area contributed by atoms with E-state index in [0.29, 0.717) is 34.1 Å². The standard InChI is InChI=1S/C29H27NO8/c1-35-21-7-5-6-18(15-21)26-25(27(32)19-10-13-22(36-2)23(16-19)37-3)28(33)29(34)30(26)20-11-8-17(9-12-20)14-24(31)38-4/h5-13,15-16,26,32H,14H2,1-4H3/b27-25-. The van der Waals surface area contributed by atoms with Gasteiger partial charge in [-0.15, -0.1) is 0 Å². The molecule has 0 saturated carbocycles. The van der Waals surface area contributed by atoms with Crippen molar-refractivity contribution in [3.8, 4) is 17.2 Å². The number of carbonyl (C=O) groups excluding carboxylic acids is 3. The van der Waals surface area contributed by atoms with E-state index in [4.69, 9.17) is 18.9 Å². The van der Waals surface area contributed by atoms with Gasteiger partial charge in [-0.2, -0.15) is 0 Å². The molecular weight excluding hydrogens is 490 g/mol. The summed E-state index contributed by atoms with van der Waals surface area (Å²) in [6, 6.07) is 17.4. The van der Waals surface area contributed by atoms with Crippen molar-refractivity contribution in [3.63, 3.8) is 0 Å². The van der Waals surface area contributed by atoms with E-state index in [1.165, 1.54) is 39.4 Å². The van der Waals surface area contributed by atoms with Gasteiger partial charge in [-0.3, -0.25) is 19.3 Å². The van der Waals surface area contributed by atoms with Crippen molar-refractivity contribution < 1.29 is 38.4 Å². The molecule has 0 aliphatic carbocycles. The third kappa shape index (κ3) is 4.90. The summed E-state index contributed by atoms with van der Waals surface area (Å²) >= 11 is 0. The number of rotatable bonds is 8. The predicted octanol–water partition coefficient (Wildman–Crippen LogP) is 4.05. The summed E-state index contributed by atoms with van der Waals surface area (Å²) in [6.07, 6.45) is 0.0637. The van der Waals surface area contributed by atoms with Gasteiger partial charge < -0.3 is 24.1 Å². The number of esters is 1. The smallest absolute Gasteiger partial charge is 0.309 e. The molecule has 1 aliphatic rings. The first-order chi connectivity index (χ1) is 18.3. The molecule has 3 aromatic carbocycles. The first-order valence-corrected chi connectivity index (χ1v) is 11.7. The van der Waals surface area contributed by atoms with Crippen LogP contribution in [0.25, 0.3) is 5.76 Å². The summed E-state index contributed by atoms with van der Waals surface area (Å²) in [4.78, 5) is 39.8. The monoisotopic (exact) mass is 517 g/mol. The van der Waals surface area contributed by atoms with Crippen molar-refractivity contribution in [3.05, 3.63) is 89.0 Å². The minimum Gasteiger partial charge on any atom is -0.507 e. The van der Waals surface area contributed by atoms with Crippen LogP contribution in [0.5, 0.6) is 17.2 Å². The molecule has 3 aromatic rings. The Hall–Kier alpha value is -4.79. The molecule has 4 rings (SSSR count). The second-order valence-corrected chi connectivity index (χ2v) is 8.43. The highest BCUT2D eigenvalue weighted by Gasteiger charge is 2.47. The lowest BCUT2D eigenvalue weighted by Crippen LogP contribution is -2.29. The Morgan fingerprint density at radius 2 is 1.58 bits per heavy atom. The van der Waals surface area contributed by atoms with Crippen molar-refractivity contribution >= 4 is 29.1 Å². The number of anilines is 1. The second-order valence-electron chi connectivity index (χ2n) is 8.43. The number of hydrogen-bond donors (Lipinski definition) is 1. The fourth-order valence-electron chi connectivity index (χ4n) is 4.38. The Labute approximate surface area is 219 Å². The molecule has 196 valence electrons. The molecule has 0 aromatic heterocycles. The van der Waals surface area contributed by atoms with Gasteiger partial charge in [-0.1, -0.05) is 24.3 Å². The number of ketones is 1. The highest BCUT2D eigenvalue weighted by molar-refractivity contribution is 6.51. The Balaban J connectivity index is 1.88. The lowest BCUT2D eigenvalue weighted by molar-refractivity contribution is -0.139. The van der Waals surface area contributed by atoms with E-state index in [9.17, 15) is 19.5 Å². The fourth-order valence-corrected chi connectivity index (χ4v) is 4.38. The van der Waals surface area contributed by atoms with Gasteiger partial charge in [0.2, 0.25) is 0 Å². The highest BCUT2D eigenvalue weighted by atomic mass is 16.5. The number of amides is 1. The topological polar surface area (TPSA) is 112 Å². The van der Waals surface area contributed by atoms with Crippen LogP contribution in [0.2, 0.25) is 0 Å². The van der Waals surface area contributed by atoms with Crippen LogP contribution in [0.15, 0.2) is 72.3 Å². The number of Topliss-reactive ketones (excluding diaryl/α,β-unsaturated/α-hetero) is 1. The molecule has 1 saturated heterocycles. The normalized spacial score (nSPS) is 16.3. The van der Waals surface area contributed by atoms with Crippen molar-refractivity contribution in [2.75, 3.05) is 33.3 Å². The molecule has 1 fully saturated rings. The Morgan fingerprint density at radius 3 is 2.21 bits per heavy atom. The number of nitrogens with zero attached hydrogens (tertiary/aromatic N) is 1. The van der Waals surface area contributed by atoms with E-state index < -0.39 is 23.7 Å². The van der Waals surface area contributed by atoms with Crippen LogP contribution in [0.4, 0.5) is 5.69 Å². The second kappa shape index (κ2) is 11.1. The van der Waals surface area contributed by atoms with Crippen LogP contribution in [-0.4, -0.2) is 51.2 Å². The van der Waals surface area contributed by atoms with Crippen LogP contribution in [-0.2, 0) is 25.5 Å². The lowest BCUT2D eigenvalue weighted by Gasteiger charge is -2.26. The summed E-state index contributed by atoms with van der Waals surface area (Å²) in [5.41, 5.74) is 1.85. The molecule has 1 unspecified atom stereocenters. The first kappa shape index (κ1) is 26.3. The van der Waals surface area contributed by atoms with E-state index in [-0.39, 0.29) is 23.3 Å². The van der Waals surface area contributed by atoms with E-state index in [1.807, 2.05) is 0 Å². The molecule has 1 heterocycles. The van der Waals surface area contributed by atoms with Gasteiger partial charge in [-0.05, 0) is 53.6 Å². The van der Waals surface area contributed by atoms with Gasteiger partial charge in [0.1, 0.15) is 11.5 Å². The maximum atomic E-state index is 13.4. The number of ether oxygens (including phenoxy) is 4. The van der Waals surface area contributed by atoms with E-state index in [1.54, 1.807) is 60.7 Å². The zero-order valence-electron chi connectivity index (χ0n) is 21.4. The molecule has 0 spiro atoms. The summed E-state index contributed by atoms with van der Waals surface area (Å²) in [7, 11) is 5.77. The molecule has 38 heavy (non-hydrogen) atoms. The van der Waals surface area contributed by atoms with Crippen LogP contribution in [0.3, 0.4) is 0 Å². The number of hydrogen-bond acceptors (Lipinski definition) is 8. The Morgan fingerprint density at radius 1 is 0.868 bits per heavy atom. The van der Waals surface area contributed by atoms with Crippen molar-refractivity contribution in [1.82, 2.24) is 0 Å². The molecule has 9 heteroatoms. The highest BCUT2D eigenvalue weighted by Crippen LogP contribution is 2.43. The van der Waals surface area contributed by atoms with Crippen LogP contribution >= 0.6 is 0 Å². The van der Waals surface area contributed by atoms with E-state index >= 15 is 0 Å². The fraction of sp³-hybridized carbons (Fsp3) is 0.207. The Bertz CT molecular complexity index is 1410. The maximum Gasteiger partial charge on any atom is 0.309 e. The molecular formula is C29H27NO8. The van der Waals surface area contributed by atoms with Gasteiger partial charge in [0.15, 0.2) is 11.5 Å². The van der Waals surface area contributed by atoms with Gasteiger partial charge in [-0.25, -0.2) is 0 Å². The number of aliphatic hydroxyl groups is 1. The Kier molecular flexibility index (Phi) is 7.66. The van der Waals surface area contributed by atoms with E-state index in [0.717, 1.165) is 0 Å². The molecule has 9 nitrogen and oxygen atoms in total. The van der Waals surface area contributed by atoms with Crippen LogP contribution in [0, 0.1) is 0 Å². The number of benzene rings is 3. The lowest BCUT2D eigenvalue weighted by atomic mass is 9.94. The maximum absolute atomic E-state index is 13.4. The SMILES string of the molecule is COC(=O)Cc1ccc(N2C(=O)C(=O)/C(=C(\O)c3ccc(OC)c(OC)c3)C2c2cccc(OC)c2)cc1. The molecule has 0 bridgehead atoms. The largest absolute Gasteiger partial charge is 0.507 e. The zero-order chi connectivity index (χ0) is 27.4. The third-order valence-electron chi connectivity index (χ3n) is 6.30. The minimum absolute atomic E-state index is 0.0637. The van der Waals surface area contributed by atoms with Crippen molar-refractivity contribution in [2.24, 2.45) is 0 Å². The zero-order valence-corrected chi connectivity index (χ0v) is 21.4. The third-order valence-corrected chi connectivity index (χ3v) is 6.30. The van der Waals surface area contributed by atoms with Crippen LogP contribution < -0.4 is 19.1 Å². The van der Waals surface area contributed by atoms with Gasteiger partial charge >= 0.3 is 5.97 Å². The van der Waals surface area contributed by atoms with Gasteiger partial charge in [0.25, 0.3) is 11.7 Å².